The molecule has 0 unspecified atom stereocenters. The van der Waals surface area contributed by atoms with Crippen LogP contribution in [0.1, 0.15) is 35.9 Å². The third-order valence-corrected chi connectivity index (χ3v) is 6.12. The van der Waals surface area contributed by atoms with Crippen LogP contribution in [0.25, 0.3) is 0 Å². The van der Waals surface area contributed by atoms with E-state index >= 15 is 0 Å². The fraction of sp³-hybridized carbons (Fsp3) is 0.440. The number of imidazole rings is 1. The lowest BCUT2D eigenvalue weighted by Crippen LogP contribution is -2.59. The number of aliphatic hydroxyl groups excluding tert-OH is 3. The first-order valence-corrected chi connectivity index (χ1v) is 11.6. The van der Waals surface area contributed by atoms with Gasteiger partial charge in [-0.3, -0.25) is 4.90 Å². The van der Waals surface area contributed by atoms with Gasteiger partial charge in [-0.25, -0.2) is 4.98 Å². The van der Waals surface area contributed by atoms with E-state index in [2.05, 4.69) is 43.9 Å². The van der Waals surface area contributed by atoms with Crippen LogP contribution < -0.4 is 10.6 Å². The maximum atomic E-state index is 9.78. The van der Waals surface area contributed by atoms with Crippen molar-refractivity contribution in [3.8, 4) is 11.8 Å². The number of aliphatic hydroxyl groups is 3. The quantitative estimate of drug-likeness (QED) is 0.333. The number of benzene rings is 1. The molecular formula is C25H32N6O4. The molecule has 3 aromatic rings. The lowest BCUT2D eigenvalue weighted by molar-refractivity contribution is 0.0811. The molecule has 1 saturated heterocycles. The van der Waals surface area contributed by atoms with Gasteiger partial charge in [0.15, 0.2) is 0 Å². The number of anilines is 1. The van der Waals surface area contributed by atoms with Gasteiger partial charge >= 0.3 is 0 Å². The third-order valence-electron chi connectivity index (χ3n) is 6.12. The first-order chi connectivity index (χ1) is 16.9. The molecule has 1 aliphatic rings. The molecular weight excluding hydrogens is 448 g/mol. The van der Waals surface area contributed by atoms with Gasteiger partial charge in [-0.1, -0.05) is 11.1 Å². The highest BCUT2D eigenvalue weighted by Crippen LogP contribution is 2.18. The minimum absolute atomic E-state index is 0.240. The zero-order chi connectivity index (χ0) is 24.8. The zero-order valence-corrected chi connectivity index (χ0v) is 19.8. The summed E-state index contributed by atoms with van der Waals surface area (Å²) >= 11 is 0. The van der Waals surface area contributed by atoms with Crippen LogP contribution >= 0.6 is 0 Å². The number of hydrogen-bond donors (Lipinski definition) is 4. The fourth-order valence-electron chi connectivity index (χ4n) is 4.09. The van der Waals surface area contributed by atoms with Crippen molar-refractivity contribution < 1.29 is 19.8 Å². The molecule has 2 aromatic heterocycles. The standard InChI is InChI=1S/C25H32N6O4/c1-19(34)24-27-8-9-31(24)15-21-14-23(35-28-21)7-4-20-2-5-22(6-3-20)30-12-10-29(11-13-30)16-25(26,17-32)18-33/h2-3,5-6,8-9,14,19,32-34H,10-13,15-18,26H2,1H3/t19-/m0/s1. The molecule has 0 spiro atoms. The molecule has 10 heteroatoms. The monoisotopic (exact) mass is 480 g/mol. The second-order valence-corrected chi connectivity index (χ2v) is 9.01. The second kappa shape index (κ2) is 11.0. The molecule has 35 heavy (non-hydrogen) atoms. The summed E-state index contributed by atoms with van der Waals surface area (Å²) in [6.07, 6.45) is 2.77. The highest BCUT2D eigenvalue weighted by Gasteiger charge is 2.28. The first kappa shape index (κ1) is 24.9. The van der Waals surface area contributed by atoms with E-state index in [1.807, 2.05) is 16.7 Å². The molecule has 0 radical (unpaired) electrons. The summed E-state index contributed by atoms with van der Waals surface area (Å²) in [5, 5.41) is 32.7. The van der Waals surface area contributed by atoms with E-state index in [4.69, 9.17) is 10.3 Å². The molecule has 1 aromatic carbocycles. The van der Waals surface area contributed by atoms with Gasteiger partial charge < -0.3 is 35.0 Å². The number of piperazine rings is 1. The Labute approximate surface area is 204 Å². The first-order valence-electron chi connectivity index (χ1n) is 11.6. The van der Waals surface area contributed by atoms with E-state index in [1.54, 1.807) is 25.4 Å². The predicted molar refractivity (Wildman–Crippen MR) is 131 cm³/mol. The summed E-state index contributed by atoms with van der Waals surface area (Å²) in [7, 11) is 0. The van der Waals surface area contributed by atoms with Gasteiger partial charge in [0, 0.05) is 62.4 Å². The van der Waals surface area contributed by atoms with Crippen LogP contribution in [-0.4, -0.2) is 86.4 Å². The molecule has 1 atom stereocenters. The van der Waals surface area contributed by atoms with Crippen LogP contribution in [0.3, 0.4) is 0 Å². The van der Waals surface area contributed by atoms with Crippen molar-refractivity contribution in [1.82, 2.24) is 19.6 Å². The number of nitrogens with zero attached hydrogens (tertiary/aromatic N) is 5. The molecule has 4 rings (SSSR count). The second-order valence-electron chi connectivity index (χ2n) is 9.01. The number of aromatic nitrogens is 3. The number of rotatable bonds is 8. The Morgan fingerprint density at radius 1 is 1.11 bits per heavy atom. The van der Waals surface area contributed by atoms with Crippen molar-refractivity contribution in [1.29, 1.82) is 0 Å². The van der Waals surface area contributed by atoms with Crippen molar-refractivity contribution in [2.45, 2.75) is 25.1 Å². The van der Waals surface area contributed by atoms with Crippen LogP contribution in [0.2, 0.25) is 0 Å². The summed E-state index contributed by atoms with van der Waals surface area (Å²) in [6, 6.07) is 9.85. The number of hydrogen-bond acceptors (Lipinski definition) is 9. The van der Waals surface area contributed by atoms with Gasteiger partial charge in [-0.05, 0) is 37.1 Å². The van der Waals surface area contributed by atoms with Crippen molar-refractivity contribution in [2.24, 2.45) is 5.73 Å². The normalized spacial score (nSPS) is 15.6. The molecule has 186 valence electrons. The van der Waals surface area contributed by atoms with E-state index in [0.29, 0.717) is 30.4 Å². The molecule has 0 saturated carbocycles. The highest BCUT2D eigenvalue weighted by atomic mass is 16.5. The van der Waals surface area contributed by atoms with Gasteiger partial charge in [-0.2, -0.15) is 0 Å². The summed E-state index contributed by atoms with van der Waals surface area (Å²) in [5.74, 6) is 7.16. The van der Waals surface area contributed by atoms with Crippen LogP contribution in [0, 0.1) is 11.8 Å². The van der Waals surface area contributed by atoms with Crippen molar-refractivity contribution >= 4 is 5.69 Å². The fourth-order valence-corrected chi connectivity index (χ4v) is 4.09. The number of nitrogens with two attached hydrogens (primary N) is 1. The van der Waals surface area contributed by atoms with Crippen LogP contribution in [0.5, 0.6) is 0 Å². The molecule has 10 nitrogen and oxygen atoms in total. The maximum absolute atomic E-state index is 9.78. The Morgan fingerprint density at radius 3 is 2.49 bits per heavy atom. The minimum atomic E-state index is -0.965. The van der Waals surface area contributed by atoms with Crippen molar-refractivity contribution in [3.05, 3.63) is 65.6 Å². The van der Waals surface area contributed by atoms with Crippen LogP contribution in [-0.2, 0) is 6.54 Å². The molecule has 5 N–H and O–H groups in total. The Hall–Kier alpha value is -3.20. The predicted octanol–water partition coefficient (Wildman–Crippen LogP) is 0.177. The summed E-state index contributed by atoms with van der Waals surface area (Å²) < 4.78 is 7.17. The maximum Gasteiger partial charge on any atom is 0.210 e. The summed E-state index contributed by atoms with van der Waals surface area (Å²) in [6.45, 7) is 5.41. The van der Waals surface area contributed by atoms with Crippen molar-refractivity contribution in [2.75, 3.05) is 50.8 Å². The van der Waals surface area contributed by atoms with E-state index in [9.17, 15) is 15.3 Å². The van der Waals surface area contributed by atoms with Gasteiger partial charge in [0.2, 0.25) is 5.76 Å². The van der Waals surface area contributed by atoms with Crippen molar-refractivity contribution in [3.63, 3.8) is 0 Å². The molecule has 0 amide bonds. The average molecular weight is 481 g/mol. The molecule has 1 aliphatic heterocycles. The zero-order valence-electron chi connectivity index (χ0n) is 19.8. The van der Waals surface area contributed by atoms with Crippen LogP contribution in [0.4, 0.5) is 5.69 Å². The van der Waals surface area contributed by atoms with E-state index in [0.717, 1.165) is 37.4 Å². The van der Waals surface area contributed by atoms with Gasteiger partial charge in [0.1, 0.15) is 17.6 Å². The summed E-state index contributed by atoms with van der Waals surface area (Å²) in [5.41, 5.74) is 7.74. The third kappa shape index (κ3) is 6.28. The minimum Gasteiger partial charge on any atom is -0.394 e. The Balaban J connectivity index is 1.32. The lowest BCUT2D eigenvalue weighted by Gasteiger charge is -2.39. The molecule has 3 heterocycles. The Kier molecular flexibility index (Phi) is 7.85. The van der Waals surface area contributed by atoms with Gasteiger partial charge in [0.25, 0.3) is 0 Å². The van der Waals surface area contributed by atoms with Crippen LogP contribution in [0.15, 0.2) is 47.2 Å². The van der Waals surface area contributed by atoms with E-state index in [-0.39, 0.29) is 13.2 Å². The molecule has 0 aliphatic carbocycles. The smallest absolute Gasteiger partial charge is 0.210 e. The molecule has 1 fully saturated rings. The average Bonchev–Trinajstić information content (AvgIpc) is 3.53. The van der Waals surface area contributed by atoms with E-state index < -0.39 is 11.6 Å². The Morgan fingerprint density at radius 2 is 1.83 bits per heavy atom. The van der Waals surface area contributed by atoms with E-state index in [1.165, 1.54) is 0 Å². The Bertz CT molecular complexity index is 1150. The molecule has 0 bridgehead atoms. The SMILES string of the molecule is C[C@H](O)c1nccn1Cc1cc(C#Cc2ccc(N3CCN(CC(N)(CO)CO)CC3)cc2)on1. The van der Waals surface area contributed by atoms with Gasteiger partial charge in [0.05, 0.1) is 25.3 Å². The van der Waals surface area contributed by atoms with Gasteiger partial charge in [-0.15, -0.1) is 0 Å². The lowest BCUT2D eigenvalue weighted by atomic mass is 10.0. The highest BCUT2D eigenvalue weighted by molar-refractivity contribution is 5.51. The topological polar surface area (TPSA) is 137 Å². The summed E-state index contributed by atoms with van der Waals surface area (Å²) in [4.78, 5) is 8.63. The largest absolute Gasteiger partial charge is 0.394 e.